The third-order valence-electron chi connectivity index (χ3n) is 3.66. The molecule has 1 unspecified atom stereocenters. The fraction of sp³-hybridized carbons (Fsp3) is 0.588. The highest BCUT2D eigenvalue weighted by Crippen LogP contribution is 2.14. The number of carbonyl (C=O) groups excluding carboxylic acids is 1. The van der Waals surface area contributed by atoms with Gasteiger partial charge in [-0.05, 0) is 45.2 Å². The van der Waals surface area contributed by atoms with E-state index in [-0.39, 0.29) is 12.8 Å². The Morgan fingerprint density at radius 1 is 1.27 bits per heavy atom. The van der Waals surface area contributed by atoms with Crippen molar-refractivity contribution in [3.8, 4) is 0 Å². The van der Waals surface area contributed by atoms with Crippen LogP contribution >= 0.6 is 0 Å². The Hall–Kier alpha value is -1.68. The van der Waals surface area contributed by atoms with Crippen molar-refractivity contribution in [2.75, 3.05) is 25.7 Å². The molecule has 0 aliphatic heterocycles. The number of benzene rings is 1. The molecule has 0 heterocycles. The molecule has 1 atom stereocenters. The maximum Gasteiger partial charge on any atom is 0.389 e. The minimum absolute atomic E-state index is 0.188. The average molecular weight is 391 g/mol. The number of para-hydroxylation sites is 1. The zero-order valence-electron chi connectivity index (χ0n) is 16.1. The second kappa shape index (κ2) is 11.8. The molecule has 0 aliphatic carbocycles. The number of aliphatic hydroxyl groups is 1. The van der Waals surface area contributed by atoms with Gasteiger partial charge in [0.15, 0.2) is 0 Å². The van der Waals surface area contributed by atoms with E-state index in [0.717, 1.165) is 21.1 Å². The molecule has 0 amide bonds. The zero-order chi connectivity index (χ0) is 20.3. The summed E-state index contributed by atoms with van der Waals surface area (Å²) in [6, 6.07) is 5.68. The van der Waals surface area contributed by atoms with Gasteiger partial charge in [0.05, 0.1) is 0 Å². The van der Waals surface area contributed by atoms with Gasteiger partial charge < -0.3 is 19.8 Å². The summed E-state index contributed by atoms with van der Waals surface area (Å²) in [5.74, 6) is -1.21. The predicted molar refractivity (Wildman–Crippen MR) is 101 cm³/mol. The molecular weight excluding hydrogens is 360 g/mol. The Kier molecular flexibility index (Phi) is 11.1. The van der Waals surface area contributed by atoms with Crippen molar-refractivity contribution in [1.29, 1.82) is 0 Å². The van der Waals surface area contributed by atoms with Crippen LogP contribution < -0.4 is 5.73 Å². The van der Waals surface area contributed by atoms with E-state index in [4.69, 9.17) is 15.6 Å². The van der Waals surface area contributed by atoms with E-state index in [0.29, 0.717) is 13.0 Å². The van der Waals surface area contributed by atoms with Crippen LogP contribution in [0.25, 0.3) is 0 Å². The van der Waals surface area contributed by atoms with Gasteiger partial charge in [0.1, 0.15) is 13.3 Å². The Morgan fingerprint density at radius 3 is 2.19 bits per heavy atom. The molecule has 0 spiro atoms. The quantitative estimate of drug-likeness (QED) is 0.512. The number of aliphatic hydroxyl groups excluding tert-OH is 1. The van der Waals surface area contributed by atoms with Gasteiger partial charge in [-0.2, -0.15) is 8.42 Å². The zero-order valence-corrected chi connectivity index (χ0v) is 16.9. The van der Waals surface area contributed by atoms with E-state index >= 15 is 0 Å². The molecule has 0 radical (unpaired) electrons. The molecule has 0 saturated heterocycles. The number of carbonyl (C=O) groups is 1. The number of nitrogen functional groups attached to an aromatic ring is 1. The van der Waals surface area contributed by atoms with Gasteiger partial charge in [0, 0.05) is 18.3 Å². The Balaban J connectivity index is 0.000000577. The summed E-state index contributed by atoms with van der Waals surface area (Å²) in [6.45, 7) is 8.40. The molecule has 1 aromatic rings. The fourth-order valence-corrected chi connectivity index (χ4v) is 2.99. The summed E-state index contributed by atoms with van der Waals surface area (Å²) < 4.78 is 33.5. The number of hydrogen-bond acceptors (Lipinski definition) is 7. The standard InChI is InChI=1S/C9H19NO6S.C8H11N/c1-4-8(3)10(7-15-5-2)17(13,14)16-9(12)6-11;1-6-4-3-5-7(2)8(6)9/h8,11H,4-7H2,1-3H3;3-5H,9H2,1-2H3. The molecule has 1 aromatic carbocycles. The maximum absolute atomic E-state index is 11.7. The monoisotopic (exact) mass is 390 g/mol. The third-order valence-corrected chi connectivity index (χ3v) is 5.10. The largest absolute Gasteiger partial charge is 0.398 e. The van der Waals surface area contributed by atoms with Crippen LogP contribution in [0.3, 0.4) is 0 Å². The van der Waals surface area contributed by atoms with Crippen LogP contribution in [0, 0.1) is 13.8 Å². The summed E-state index contributed by atoms with van der Waals surface area (Å²) in [5, 5.41) is 8.46. The van der Waals surface area contributed by atoms with Crippen LogP contribution in [0.1, 0.15) is 38.3 Å². The number of ether oxygens (including phenoxy) is 1. The molecule has 150 valence electrons. The van der Waals surface area contributed by atoms with Crippen LogP contribution in [-0.2, 0) is 24.0 Å². The van der Waals surface area contributed by atoms with Crippen molar-refractivity contribution in [3.63, 3.8) is 0 Å². The molecular formula is C17H30N2O6S. The minimum atomic E-state index is -4.22. The first-order valence-corrected chi connectivity index (χ1v) is 9.71. The van der Waals surface area contributed by atoms with Gasteiger partial charge in [-0.1, -0.05) is 25.1 Å². The van der Waals surface area contributed by atoms with Crippen LogP contribution in [0.2, 0.25) is 0 Å². The van der Waals surface area contributed by atoms with Crippen LogP contribution in [0.5, 0.6) is 0 Å². The van der Waals surface area contributed by atoms with Gasteiger partial charge >= 0.3 is 16.3 Å². The molecule has 0 bridgehead atoms. The summed E-state index contributed by atoms with van der Waals surface area (Å²) >= 11 is 0. The van der Waals surface area contributed by atoms with Crippen LogP contribution in [0.4, 0.5) is 5.69 Å². The first-order valence-electron chi connectivity index (χ1n) is 8.34. The van der Waals surface area contributed by atoms with Gasteiger partial charge in [-0.3, -0.25) is 0 Å². The lowest BCUT2D eigenvalue weighted by Crippen LogP contribution is -2.42. The average Bonchev–Trinajstić information content (AvgIpc) is 2.59. The maximum atomic E-state index is 11.7. The molecule has 3 N–H and O–H groups in total. The lowest BCUT2D eigenvalue weighted by molar-refractivity contribution is -0.137. The highest BCUT2D eigenvalue weighted by atomic mass is 32.2. The number of anilines is 1. The molecule has 8 nitrogen and oxygen atoms in total. The molecule has 0 saturated carbocycles. The summed E-state index contributed by atoms with van der Waals surface area (Å²) in [7, 11) is -4.22. The van der Waals surface area contributed by atoms with E-state index in [1.807, 2.05) is 32.0 Å². The minimum Gasteiger partial charge on any atom is -0.398 e. The van der Waals surface area contributed by atoms with Crippen molar-refractivity contribution in [3.05, 3.63) is 29.3 Å². The third kappa shape index (κ3) is 8.13. The normalized spacial score (nSPS) is 12.3. The second-order valence-electron chi connectivity index (χ2n) is 5.64. The SMILES string of the molecule is CCOCN(C(C)CC)S(=O)(=O)OC(=O)CO.Cc1cccc(C)c1N. The van der Waals surface area contributed by atoms with E-state index in [1.165, 1.54) is 0 Å². The second-order valence-corrected chi connectivity index (χ2v) is 7.13. The van der Waals surface area contributed by atoms with Crippen LogP contribution in [-0.4, -0.2) is 49.8 Å². The van der Waals surface area contributed by atoms with E-state index in [1.54, 1.807) is 20.8 Å². The van der Waals surface area contributed by atoms with Gasteiger partial charge in [-0.15, -0.1) is 4.31 Å². The summed E-state index contributed by atoms with van der Waals surface area (Å²) in [4.78, 5) is 10.8. The first kappa shape index (κ1) is 24.3. The number of nitrogens with zero attached hydrogens (tertiary/aromatic N) is 1. The molecule has 0 fully saturated rings. The Morgan fingerprint density at radius 2 is 1.81 bits per heavy atom. The summed E-state index contributed by atoms with van der Waals surface area (Å²) in [6.07, 6.45) is 0.545. The molecule has 0 aliphatic rings. The number of hydrogen-bond donors (Lipinski definition) is 2. The topological polar surface area (TPSA) is 119 Å². The van der Waals surface area contributed by atoms with E-state index < -0.39 is 22.9 Å². The lowest BCUT2D eigenvalue weighted by Gasteiger charge is -2.25. The molecule has 26 heavy (non-hydrogen) atoms. The van der Waals surface area contributed by atoms with Crippen LogP contribution in [0.15, 0.2) is 18.2 Å². The highest BCUT2D eigenvalue weighted by molar-refractivity contribution is 7.84. The molecule has 0 aromatic heterocycles. The Labute approximate surface area is 156 Å². The lowest BCUT2D eigenvalue weighted by atomic mass is 10.1. The smallest absolute Gasteiger partial charge is 0.389 e. The van der Waals surface area contributed by atoms with Gasteiger partial charge in [0.25, 0.3) is 0 Å². The number of aryl methyl sites for hydroxylation is 2. The fourth-order valence-electron chi connectivity index (χ4n) is 1.82. The Bertz CT molecular complexity index is 643. The van der Waals surface area contributed by atoms with Crippen molar-refractivity contribution in [1.82, 2.24) is 4.31 Å². The molecule has 9 heteroatoms. The number of rotatable bonds is 8. The number of nitrogens with two attached hydrogens (primary N) is 1. The van der Waals surface area contributed by atoms with Gasteiger partial charge in [0.2, 0.25) is 0 Å². The molecule has 1 rings (SSSR count). The van der Waals surface area contributed by atoms with Gasteiger partial charge in [-0.25, -0.2) is 4.79 Å². The van der Waals surface area contributed by atoms with Crippen molar-refractivity contribution >= 4 is 22.0 Å². The summed E-state index contributed by atoms with van der Waals surface area (Å²) in [5.41, 5.74) is 8.92. The van der Waals surface area contributed by atoms with Crippen molar-refractivity contribution < 1.29 is 27.2 Å². The highest BCUT2D eigenvalue weighted by Gasteiger charge is 2.30. The first-order chi connectivity index (χ1) is 12.1. The van der Waals surface area contributed by atoms with E-state index in [2.05, 4.69) is 4.18 Å². The van der Waals surface area contributed by atoms with Crippen molar-refractivity contribution in [2.24, 2.45) is 0 Å². The van der Waals surface area contributed by atoms with Crippen molar-refractivity contribution in [2.45, 2.75) is 47.1 Å². The van der Waals surface area contributed by atoms with E-state index in [9.17, 15) is 13.2 Å². The predicted octanol–water partition coefficient (Wildman–Crippen LogP) is 1.75.